The normalized spacial score (nSPS) is 16.8. The number of benzene rings is 1. The third-order valence-electron chi connectivity index (χ3n) is 2.88. The zero-order valence-corrected chi connectivity index (χ0v) is 11.5. The fourth-order valence-electron chi connectivity index (χ4n) is 1.92. The Morgan fingerprint density at radius 1 is 1.35 bits per heavy atom. The molecule has 1 aromatic rings. The van der Waals surface area contributed by atoms with E-state index in [-0.39, 0.29) is 6.10 Å². The standard InChI is InChI=1S/C13H17BrO3/c1-15-12-4-2-3-10(9-14)13(12)17-11-5-7-16-8-6-11/h2-4,11H,5-9H2,1H3. The zero-order valence-electron chi connectivity index (χ0n) is 9.95. The van der Waals surface area contributed by atoms with Crippen molar-refractivity contribution in [3.63, 3.8) is 0 Å². The minimum absolute atomic E-state index is 0.234. The largest absolute Gasteiger partial charge is 0.493 e. The van der Waals surface area contributed by atoms with Crippen LogP contribution in [0.1, 0.15) is 18.4 Å². The maximum atomic E-state index is 6.06. The second-order valence-corrected chi connectivity index (χ2v) is 4.57. The Morgan fingerprint density at radius 3 is 2.76 bits per heavy atom. The van der Waals surface area contributed by atoms with Gasteiger partial charge in [-0.15, -0.1) is 0 Å². The lowest BCUT2D eigenvalue weighted by Crippen LogP contribution is -2.26. The van der Waals surface area contributed by atoms with Gasteiger partial charge in [0.2, 0.25) is 0 Å². The second kappa shape index (κ2) is 6.26. The molecule has 1 fully saturated rings. The van der Waals surface area contributed by atoms with Gasteiger partial charge in [0.25, 0.3) is 0 Å². The van der Waals surface area contributed by atoms with E-state index in [9.17, 15) is 0 Å². The van der Waals surface area contributed by atoms with Gasteiger partial charge in [-0.3, -0.25) is 0 Å². The summed E-state index contributed by atoms with van der Waals surface area (Å²) < 4.78 is 16.7. The van der Waals surface area contributed by atoms with Crippen molar-refractivity contribution >= 4 is 15.9 Å². The molecule has 1 heterocycles. The molecule has 0 aliphatic carbocycles. The first kappa shape index (κ1) is 12.7. The van der Waals surface area contributed by atoms with E-state index in [1.54, 1.807) is 7.11 Å². The molecule has 0 unspecified atom stereocenters. The van der Waals surface area contributed by atoms with E-state index >= 15 is 0 Å². The molecular formula is C13H17BrO3. The molecule has 0 saturated carbocycles. The van der Waals surface area contributed by atoms with Gasteiger partial charge in [0, 0.05) is 23.7 Å². The lowest BCUT2D eigenvalue weighted by atomic mass is 10.1. The molecule has 4 heteroatoms. The summed E-state index contributed by atoms with van der Waals surface area (Å²) in [6, 6.07) is 5.96. The molecule has 0 N–H and O–H groups in total. The lowest BCUT2D eigenvalue weighted by Gasteiger charge is -2.25. The number of para-hydroxylation sites is 1. The summed E-state index contributed by atoms with van der Waals surface area (Å²) in [5.74, 6) is 1.66. The molecule has 0 spiro atoms. The van der Waals surface area contributed by atoms with E-state index in [4.69, 9.17) is 14.2 Å². The Kier molecular flexibility index (Phi) is 4.68. The van der Waals surface area contributed by atoms with Crippen LogP contribution in [0.4, 0.5) is 0 Å². The summed E-state index contributed by atoms with van der Waals surface area (Å²) in [5.41, 5.74) is 1.12. The first-order valence-corrected chi connectivity index (χ1v) is 6.93. The molecule has 3 nitrogen and oxygen atoms in total. The predicted molar refractivity (Wildman–Crippen MR) is 70.1 cm³/mol. The Bertz CT molecular complexity index is 339. The van der Waals surface area contributed by atoms with E-state index < -0.39 is 0 Å². The lowest BCUT2D eigenvalue weighted by molar-refractivity contribution is 0.0242. The zero-order chi connectivity index (χ0) is 12.1. The van der Waals surface area contributed by atoms with Crippen LogP contribution in [-0.4, -0.2) is 26.4 Å². The smallest absolute Gasteiger partial charge is 0.165 e. The fourth-order valence-corrected chi connectivity index (χ4v) is 2.36. The maximum absolute atomic E-state index is 6.06. The number of alkyl halides is 1. The average molecular weight is 301 g/mol. The van der Waals surface area contributed by atoms with Gasteiger partial charge >= 0.3 is 0 Å². The van der Waals surface area contributed by atoms with Crippen molar-refractivity contribution in [2.24, 2.45) is 0 Å². The molecule has 1 aliphatic rings. The van der Waals surface area contributed by atoms with E-state index in [0.717, 1.165) is 48.4 Å². The summed E-state index contributed by atoms with van der Waals surface area (Å²) in [6.45, 7) is 1.56. The molecule has 0 bridgehead atoms. The van der Waals surface area contributed by atoms with E-state index in [2.05, 4.69) is 15.9 Å². The van der Waals surface area contributed by atoms with Crippen LogP contribution in [0.5, 0.6) is 11.5 Å². The summed E-state index contributed by atoms with van der Waals surface area (Å²) in [7, 11) is 1.67. The monoisotopic (exact) mass is 300 g/mol. The summed E-state index contributed by atoms with van der Waals surface area (Å²) in [4.78, 5) is 0. The van der Waals surface area contributed by atoms with E-state index in [1.165, 1.54) is 0 Å². The molecule has 0 radical (unpaired) electrons. The second-order valence-electron chi connectivity index (χ2n) is 4.01. The van der Waals surface area contributed by atoms with Crippen LogP contribution in [-0.2, 0) is 10.1 Å². The predicted octanol–water partition coefficient (Wildman–Crippen LogP) is 3.15. The van der Waals surface area contributed by atoms with Crippen LogP contribution >= 0.6 is 15.9 Å². The van der Waals surface area contributed by atoms with Gasteiger partial charge in [-0.2, -0.15) is 0 Å². The molecule has 0 aromatic heterocycles. The number of hydrogen-bond acceptors (Lipinski definition) is 3. The van der Waals surface area contributed by atoms with Crippen molar-refractivity contribution in [1.29, 1.82) is 0 Å². The molecule has 0 amide bonds. The van der Waals surface area contributed by atoms with Crippen LogP contribution in [0.15, 0.2) is 18.2 Å². The Labute approximate surface area is 110 Å². The van der Waals surface area contributed by atoms with Gasteiger partial charge in [0.1, 0.15) is 6.10 Å². The number of hydrogen-bond donors (Lipinski definition) is 0. The Morgan fingerprint density at radius 2 is 2.12 bits per heavy atom. The van der Waals surface area contributed by atoms with Crippen LogP contribution in [0, 0.1) is 0 Å². The number of methoxy groups -OCH3 is 1. The molecule has 94 valence electrons. The van der Waals surface area contributed by atoms with Crippen LogP contribution < -0.4 is 9.47 Å². The van der Waals surface area contributed by atoms with Gasteiger partial charge in [0.05, 0.1) is 20.3 Å². The summed E-state index contributed by atoms with van der Waals surface area (Å²) in [6.07, 6.45) is 2.12. The van der Waals surface area contributed by atoms with Crippen LogP contribution in [0.3, 0.4) is 0 Å². The third kappa shape index (κ3) is 3.13. The van der Waals surface area contributed by atoms with Crippen molar-refractivity contribution in [2.75, 3.05) is 20.3 Å². The van der Waals surface area contributed by atoms with Gasteiger partial charge < -0.3 is 14.2 Å². The van der Waals surface area contributed by atoms with Gasteiger partial charge in [-0.1, -0.05) is 28.1 Å². The summed E-state index contributed by atoms with van der Waals surface area (Å²) in [5, 5.41) is 0.767. The minimum atomic E-state index is 0.234. The SMILES string of the molecule is COc1cccc(CBr)c1OC1CCOCC1. The molecular weight excluding hydrogens is 284 g/mol. The molecule has 0 atom stereocenters. The molecule has 17 heavy (non-hydrogen) atoms. The minimum Gasteiger partial charge on any atom is -0.493 e. The van der Waals surface area contributed by atoms with Crippen molar-refractivity contribution in [1.82, 2.24) is 0 Å². The number of rotatable bonds is 4. The van der Waals surface area contributed by atoms with Crippen molar-refractivity contribution in [2.45, 2.75) is 24.3 Å². The Balaban J connectivity index is 2.16. The molecule has 1 saturated heterocycles. The van der Waals surface area contributed by atoms with Crippen LogP contribution in [0.25, 0.3) is 0 Å². The van der Waals surface area contributed by atoms with Crippen molar-refractivity contribution in [3.05, 3.63) is 23.8 Å². The van der Waals surface area contributed by atoms with Crippen LogP contribution in [0.2, 0.25) is 0 Å². The highest BCUT2D eigenvalue weighted by atomic mass is 79.9. The van der Waals surface area contributed by atoms with Crippen molar-refractivity contribution in [3.8, 4) is 11.5 Å². The van der Waals surface area contributed by atoms with Gasteiger partial charge in [0.15, 0.2) is 11.5 Å². The average Bonchev–Trinajstić information content (AvgIpc) is 2.40. The van der Waals surface area contributed by atoms with E-state index in [0.29, 0.717) is 0 Å². The highest BCUT2D eigenvalue weighted by molar-refractivity contribution is 9.08. The topological polar surface area (TPSA) is 27.7 Å². The van der Waals surface area contributed by atoms with Crippen molar-refractivity contribution < 1.29 is 14.2 Å². The highest BCUT2D eigenvalue weighted by Gasteiger charge is 2.19. The number of halogens is 1. The quantitative estimate of drug-likeness (QED) is 0.800. The third-order valence-corrected chi connectivity index (χ3v) is 3.48. The molecule has 1 aliphatic heterocycles. The molecule has 1 aromatic carbocycles. The Hall–Kier alpha value is -0.740. The fraction of sp³-hybridized carbons (Fsp3) is 0.538. The maximum Gasteiger partial charge on any atom is 0.165 e. The summed E-state index contributed by atoms with van der Waals surface area (Å²) >= 11 is 3.48. The number of ether oxygens (including phenoxy) is 3. The molecule has 2 rings (SSSR count). The van der Waals surface area contributed by atoms with Gasteiger partial charge in [-0.05, 0) is 6.07 Å². The first-order valence-electron chi connectivity index (χ1n) is 5.81. The first-order chi connectivity index (χ1) is 8.35. The highest BCUT2D eigenvalue weighted by Crippen LogP contribution is 2.34. The van der Waals surface area contributed by atoms with E-state index in [1.807, 2.05) is 18.2 Å². The van der Waals surface area contributed by atoms with Gasteiger partial charge in [-0.25, -0.2) is 0 Å².